The first-order valence-corrected chi connectivity index (χ1v) is 7.78. The van der Waals surface area contributed by atoms with E-state index < -0.39 is 0 Å². The summed E-state index contributed by atoms with van der Waals surface area (Å²) in [6.07, 6.45) is 0. The van der Waals surface area contributed by atoms with Gasteiger partial charge in [-0.2, -0.15) is 0 Å². The van der Waals surface area contributed by atoms with Crippen LogP contribution in [0.2, 0.25) is 0 Å². The normalized spacial score (nSPS) is 10.4. The van der Waals surface area contributed by atoms with Crippen LogP contribution in [0.25, 0.3) is 22.3 Å². The van der Waals surface area contributed by atoms with Crippen LogP contribution in [0.4, 0.5) is 0 Å². The van der Waals surface area contributed by atoms with Crippen LogP contribution in [0.1, 0.15) is 0 Å². The van der Waals surface area contributed by atoms with Crippen molar-refractivity contribution in [2.24, 2.45) is 0 Å². The number of rotatable bonds is 4. The van der Waals surface area contributed by atoms with Gasteiger partial charge in [0.2, 0.25) is 0 Å². The Kier molecular flexibility index (Phi) is 4.58. The van der Waals surface area contributed by atoms with Crippen molar-refractivity contribution in [3.63, 3.8) is 0 Å². The van der Waals surface area contributed by atoms with Gasteiger partial charge in [-0.15, -0.1) is 12.6 Å². The van der Waals surface area contributed by atoms with Gasteiger partial charge >= 0.3 is 0 Å². The third kappa shape index (κ3) is 3.20. The molecule has 0 atom stereocenters. The topological polar surface area (TPSA) is 18.5 Å². The lowest BCUT2D eigenvalue weighted by Crippen LogP contribution is -1.88. The first-order valence-electron chi connectivity index (χ1n) is 7.34. The standard InChI is InChI=1S/C20H18O2S/c1-21-16-8-3-6-14(12-16)18-10-5-11-19(20(18)23)15-7-4-9-17(13-15)22-2/h3-13,23H,1-2H3. The van der Waals surface area contributed by atoms with Gasteiger partial charge in [0.05, 0.1) is 14.2 Å². The molecule has 0 unspecified atom stereocenters. The summed E-state index contributed by atoms with van der Waals surface area (Å²) in [5.41, 5.74) is 4.32. The van der Waals surface area contributed by atoms with Gasteiger partial charge in [-0.3, -0.25) is 0 Å². The SMILES string of the molecule is COc1cccc(-c2cccc(-c3cccc(OC)c3)c2S)c1. The molecule has 0 N–H and O–H groups in total. The van der Waals surface area contributed by atoms with Crippen molar-refractivity contribution < 1.29 is 9.47 Å². The van der Waals surface area contributed by atoms with Gasteiger partial charge < -0.3 is 9.47 Å². The molecular weight excluding hydrogens is 304 g/mol. The highest BCUT2D eigenvalue weighted by Crippen LogP contribution is 2.36. The van der Waals surface area contributed by atoms with Crippen LogP contribution in [-0.2, 0) is 0 Å². The third-order valence-corrected chi connectivity index (χ3v) is 4.28. The summed E-state index contributed by atoms with van der Waals surface area (Å²) in [5.74, 6) is 1.67. The van der Waals surface area contributed by atoms with E-state index in [0.717, 1.165) is 38.6 Å². The summed E-state index contributed by atoms with van der Waals surface area (Å²) in [5, 5.41) is 0. The van der Waals surface area contributed by atoms with Crippen molar-refractivity contribution in [2.45, 2.75) is 4.90 Å². The van der Waals surface area contributed by atoms with Crippen LogP contribution in [0, 0.1) is 0 Å². The Bertz CT molecular complexity index is 762. The van der Waals surface area contributed by atoms with E-state index in [-0.39, 0.29) is 0 Å². The lowest BCUT2D eigenvalue weighted by atomic mass is 9.98. The van der Waals surface area contributed by atoms with Crippen molar-refractivity contribution in [3.8, 4) is 33.8 Å². The van der Waals surface area contributed by atoms with Gasteiger partial charge in [0.25, 0.3) is 0 Å². The van der Waals surface area contributed by atoms with E-state index in [2.05, 4.69) is 24.3 Å². The molecule has 0 fully saturated rings. The minimum atomic E-state index is 0.835. The van der Waals surface area contributed by atoms with Crippen molar-refractivity contribution in [1.29, 1.82) is 0 Å². The van der Waals surface area contributed by atoms with E-state index in [0.29, 0.717) is 0 Å². The molecule has 0 saturated carbocycles. The molecule has 3 aromatic rings. The second kappa shape index (κ2) is 6.80. The minimum absolute atomic E-state index is 0.835. The number of benzene rings is 3. The van der Waals surface area contributed by atoms with E-state index in [1.54, 1.807) is 14.2 Å². The van der Waals surface area contributed by atoms with Gasteiger partial charge in [0.1, 0.15) is 11.5 Å². The quantitative estimate of drug-likeness (QED) is 0.655. The minimum Gasteiger partial charge on any atom is -0.497 e. The fraction of sp³-hybridized carbons (Fsp3) is 0.100. The molecule has 0 aliphatic heterocycles. The average molecular weight is 322 g/mol. The van der Waals surface area contributed by atoms with Gasteiger partial charge in [0.15, 0.2) is 0 Å². The van der Waals surface area contributed by atoms with Gasteiger partial charge in [-0.1, -0.05) is 42.5 Å². The van der Waals surface area contributed by atoms with Gasteiger partial charge in [-0.05, 0) is 46.5 Å². The molecule has 0 bridgehead atoms. The molecule has 2 nitrogen and oxygen atoms in total. The zero-order chi connectivity index (χ0) is 16.2. The van der Waals surface area contributed by atoms with E-state index >= 15 is 0 Å². The van der Waals surface area contributed by atoms with E-state index in [9.17, 15) is 0 Å². The maximum atomic E-state index is 5.32. The molecule has 0 aliphatic carbocycles. The van der Waals surface area contributed by atoms with E-state index in [4.69, 9.17) is 22.1 Å². The van der Waals surface area contributed by atoms with Crippen LogP contribution in [0.3, 0.4) is 0 Å². The molecule has 0 heterocycles. The Morgan fingerprint density at radius 3 is 1.52 bits per heavy atom. The zero-order valence-corrected chi connectivity index (χ0v) is 14.0. The van der Waals surface area contributed by atoms with Crippen LogP contribution < -0.4 is 9.47 Å². The fourth-order valence-corrected chi connectivity index (χ4v) is 3.00. The predicted octanol–water partition coefficient (Wildman–Crippen LogP) is 5.33. The number of thiol groups is 1. The molecule has 0 saturated heterocycles. The summed E-state index contributed by atoms with van der Waals surface area (Å²) in [6.45, 7) is 0. The fourth-order valence-electron chi connectivity index (χ4n) is 2.59. The summed E-state index contributed by atoms with van der Waals surface area (Å²) in [7, 11) is 3.35. The molecule has 3 rings (SSSR count). The lowest BCUT2D eigenvalue weighted by molar-refractivity contribution is 0.415. The third-order valence-electron chi connectivity index (χ3n) is 3.80. The molecule has 0 aromatic heterocycles. The number of ether oxygens (including phenoxy) is 2. The number of methoxy groups -OCH3 is 2. The Morgan fingerprint density at radius 1 is 0.652 bits per heavy atom. The first-order chi connectivity index (χ1) is 11.2. The summed E-state index contributed by atoms with van der Waals surface area (Å²) < 4.78 is 10.6. The summed E-state index contributed by atoms with van der Waals surface area (Å²) in [4.78, 5) is 0.939. The van der Waals surface area contributed by atoms with Crippen LogP contribution in [0.15, 0.2) is 71.6 Å². The van der Waals surface area contributed by atoms with Crippen molar-refractivity contribution in [3.05, 3.63) is 66.7 Å². The van der Waals surface area contributed by atoms with Crippen LogP contribution in [0.5, 0.6) is 11.5 Å². The molecule has 0 spiro atoms. The van der Waals surface area contributed by atoms with E-state index in [1.165, 1.54) is 0 Å². The molecular formula is C20H18O2S. The van der Waals surface area contributed by atoms with Crippen molar-refractivity contribution >= 4 is 12.6 Å². The summed E-state index contributed by atoms with van der Waals surface area (Å²) >= 11 is 4.78. The number of hydrogen-bond acceptors (Lipinski definition) is 3. The van der Waals surface area contributed by atoms with Crippen molar-refractivity contribution in [2.75, 3.05) is 14.2 Å². The lowest BCUT2D eigenvalue weighted by Gasteiger charge is -2.12. The maximum Gasteiger partial charge on any atom is 0.119 e. The molecule has 0 amide bonds. The smallest absolute Gasteiger partial charge is 0.119 e. The van der Waals surface area contributed by atoms with Gasteiger partial charge in [0, 0.05) is 4.90 Å². The second-order valence-corrected chi connectivity index (χ2v) is 5.61. The molecule has 3 aromatic carbocycles. The predicted molar refractivity (Wildman–Crippen MR) is 97.7 cm³/mol. The Morgan fingerprint density at radius 2 is 1.09 bits per heavy atom. The molecule has 0 aliphatic rings. The highest BCUT2D eigenvalue weighted by atomic mass is 32.1. The Hall–Kier alpha value is -2.39. The molecule has 23 heavy (non-hydrogen) atoms. The zero-order valence-electron chi connectivity index (χ0n) is 13.1. The molecule has 116 valence electrons. The number of hydrogen-bond donors (Lipinski definition) is 1. The maximum absolute atomic E-state index is 5.32. The monoisotopic (exact) mass is 322 g/mol. The summed E-state index contributed by atoms with van der Waals surface area (Å²) in [6, 6.07) is 22.2. The highest BCUT2D eigenvalue weighted by Gasteiger charge is 2.10. The largest absolute Gasteiger partial charge is 0.497 e. The average Bonchev–Trinajstić information content (AvgIpc) is 2.62. The Balaban J connectivity index is 2.11. The van der Waals surface area contributed by atoms with Crippen molar-refractivity contribution in [1.82, 2.24) is 0 Å². The molecule has 0 radical (unpaired) electrons. The highest BCUT2D eigenvalue weighted by molar-refractivity contribution is 7.80. The van der Waals surface area contributed by atoms with Crippen LogP contribution >= 0.6 is 12.6 Å². The molecule has 3 heteroatoms. The van der Waals surface area contributed by atoms with Gasteiger partial charge in [-0.25, -0.2) is 0 Å². The van der Waals surface area contributed by atoms with Crippen LogP contribution in [-0.4, -0.2) is 14.2 Å². The first kappa shape index (κ1) is 15.5. The Labute approximate surface area is 142 Å². The second-order valence-electron chi connectivity index (χ2n) is 5.17. The van der Waals surface area contributed by atoms with E-state index in [1.807, 2.05) is 42.5 Å².